The van der Waals surface area contributed by atoms with Gasteiger partial charge in [0.05, 0.1) is 19.3 Å². The first-order valence-corrected chi connectivity index (χ1v) is 11.8. The van der Waals surface area contributed by atoms with Crippen molar-refractivity contribution >= 4 is 29.1 Å². The molecule has 1 aromatic rings. The maximum atomic E-state index is 5.55. The average molecular weight is 413 g/mol. The monoisotopic (exact) mass is 412 g/mol. The van der Waals surface area contributed by atoms with Crippen molar-refractivity contribution < 1.29 is 9.47 Å². The van der Waals surface area contributed by atoms with Gasteiger partial charge in [0.15, 0.2) is 5.96 Å². The zero-order valence-electron chi connectivity index (χ0n) is 16.4. The molecule has 3 rings (SSSR count). The van der Waals surface area contributed by atoms with Crippen LogP contribution in [0.2, 0.25) is 0 Å². The third-order valence-corrected chi connectivity index (χ3v) is 7.85. The molecule has 2 aliphatic heterocycles. The van der Waals surface area contributed by atoms with E-state index >= 15 is 0 Å². The maximum absolute atomic E-state index is 5.55. The van der Waals surface area contributed by atoms with E-state index < -0.39 is 0 Å². The largest absolute Gasteiger partial charge is 0.381 e. The van der Waals surface area contributed by atoms with Crippen LogP contribution in [0.15, 0.2) is 22.5 Å². The number of hydrogen-bond donors (Lipinski definition) is 2. The molecule has 3 heterocycles. The highest BCUT2D eigenvalue weighted by Gasteiger charge is 2.32. The predicted octanol–water partition coefficient (Wildman–Crippen LogP) is 2.20. The van der Waals surface area contributed by atoms with Crippen LogP contribution in [-0.2, 0) is 9.47 Å². The van der Waals surface area contributed by atoms with Crippen LogP contribution in [0, 0.1) is 0 Å². The van der Waals surface area contributed by atoms with Crippen LogP contribution in [0.5, 0.6) is 0 Å². The molecule has 0 radical (unpaired) electrons. The Morgan fingerprint density at radius 1 is 1.26 bits per heavy atom. The number of ether oxygens (including phenoxy) is 2. The number of morpholine rings is 1. The van der Waals surface area contributed by atoms with Crippen LogP contribution in [0.1, 0.15) is 23.8 Å². The lowest BCUT2D eigenvalue weighted by atomic mass is 9.99. The molecule has 0 aromatic carbocycles. The summed E-state index contributed by atoms with van der Waals surface area (Å²) in [6, 6.07) is 4.71. The van der Waals surface area contributed by atoms with Crippen molar-refractivity contribution in [3.63, 3.8) is 0 Å². The first kappa shape index (κ1) is 20.9. The average Bonchev–Trinajstić information content (AvgIpc) is 3.26. The first-order chi connectivity index (χ1) is 13.3. The second kappa shape index (κ2) is 10.7. The topological polar surface area (TPSA) is 58.1 Å². The quantitative estimate of drug-likeness (QED) is 0.529. The van der Waals surface area contributed by atoms with Crippen LogP contribution in [-0.4, -0.2) is 81.5 Å². The highest BCUT2D eigenvalue weighted by Crippen LogP contribution is 2.33. The molecule has 0 aliphatic carbocycles. The minimum absolute atomic E-state index is 0.243. The molecule has 1 aromatic heterocycles. The van der Waals surface area contributed by atoms with Crippen molar-refractivity contribution in [1.29, 1.82) is 0 Å². The molecule has 1 unspecified atom stereocenters. The van der Waals surface area contributed by atoms with Crippen molar-refractivity contribution in [1.82, 2.24) is 15.5 Å². The van der Waals surface area contributed by atoms with Gasteiger partial charge in [-0.3, -0.25) is 9.89 Å². The van der Waals surface area contributed by atoms with Crippen LogP contribution < -0.4 is 10.6 Å². The van der Waals surface area contributed by atoms with E-state index in [1.807, 2.05) is 30.1 Å². The summed E-state index contributed by atoms with van der Waals surface area (Å²) in [4.78, 5) is 8.36. The SMILES string of the molecule is CN=C(NCC(c1cccs1)N1CCOCC1)NCC1(SC)CCOCC1. The standard InChI is InChI=1S/C19H32N4O2S2/c1-20-18(22-15-19(26-2)5-9-24-10-6-19)21-14-16(17-4-3-13-27-17)23-7-11-25-12-8-23/h3-4,13,16H,5-12,14-15H2,1-2H3,(H2,20,21,22). The van der Waals surface area contributed by atoms with Crippen molar-refractivity contribution in [3.8, 4) is 0 Å². The van der Waals surface area contributed by atoms with E-state index in [9.17, 15) is 0 Å². The molecule has 2 aliphatic rings. The van der Waals surface area contributed by atoms with E-state index in [2.05, 4.69) is 44.3 Å². The summed E-state index contributed by atoms with van der Waals surface area (Å²) in [5.41, 5.74) is 0. The van der Waals surface area contributed by atoms with Crippen molar-refractivity contribution in [2.75, 3.05) is 65.9 Å². The fourth-order valence-electron chi connectivity index (χ4n) is 3.63. The summed E-state index contributed by atoms with van der Waals surface area (Å²) >= 11 is 3.77. The summed E-state index contributed by atoms with van der Waals surface area (Å²) < 4.78 is 11.3. The van der Waals surface area contributed by atoms with E-state index in [4.69, 9.17) is 9.47 Å². The highest BCUT2D eigenvalue weighted by atomic mass is 32.2. The van der Waals surface area contributed by atoms with Crippen molar-refractivity contribution in [2.24, 2.45) is 4.99 Å². The molecule has 0 amide bonds. The molecular weight excluding hydrogens is 380 g/mol. The Morgan fingerprint density at radius 2 is 2.00 bits per heavy atom. The van der Waals surface area contributed by atoms with Crippen LogP contribution in [0.4, 0.5) is 0 Å². The fourth-order valence-corrected chi connectivity index (χ4v) is 5.29. The molecule has 0 bridgehead atoms. The van der Waals surface area contributed by atoms with Gasteiger partial charge in [0.1, 0.15) is 0 Å². The van der Waals surface area contributed by atoms with Gasteiger partial charge in [-0.15, -0.1) is 11.3 Å². The molecule has 0 spiro atoms. The van der Waals surface area contributed by atoms with E-state index in [0.29, 0.717) is 6.04 Å². The number of nitrogens with one attached hydrogen (secondary N) is 2. The molecule has 2 saturated heterocycles. The van der Waals surface area contributed by atoms with E-state index in [-0.39, 0.29) is 4.75 Å². The third-order valence-electron chi connectivity index (χ3n) is 5.46. The molecule has 8 heteroatoms. The van der Waals surface area contributed by atoms with Gasteiger partial charge < -0.3 is 20.1 Å². The zero-order chi connectivity index (χ0) is 19.0. The second-order valence-corrected chi connectivity index (χ2v) is 9.24. The molecule has 2 fully saturated rings. The Labute approximate surface area is 171 Å². The minimum Gasteiger partial charge on any atom is -0.381 e. The predicted molar refractivity (Wildman–Crippen MR) is 115 cm³/mol. The Balaban J connectivity index is 1.56. The zero-order valence-corrected chi connectivity index (χ0v) is 18.0. The second-order valence-electron chi connectivity index (χ2n) is 6.99. The van der Waals surface area contributed by atoms with Gasteiger partial charge in [-0.2, -0.15) is 11.8 Å². The lowest BCUT2D eigenvalue weighted by Gasteiger charge is -2.37. The first-order valence-electron chi connectivity index (χ1n) is 9.69. The Morgan fingerprint density at radius 3 is 2.63 bits per heavy atom. The van der Waals surface area contributed by atoms with Crippen molar-refractivity contribution in [3.05, 3.63) is 22.4 Å². The number of nitrogens with zero attached hydrogens (tertiary/aromatic N) is 2. The molecule has 152 valence electrons. The molecule has 27 heavy (non-hydrogen) atoms. The van der Waals surface area contributed by atoms with Gasteiger partial charge in [0.2, 0.25) is 0 Å². The molecule has 6 nitrogen and oxygen atoms in total. The number of hydrogen-bond acceptors (Lipinski definition) is 6. The number of aliphatic imine (C=N–C) groups is 1. The fraction of sp³-hybridized carbons (Fsp3) is 0.737. The smallest absolute Gasteiger partial charge is 0.191 e. The van der Waals surface area contributed by atoms with Crippen LogP contribution in [0.25, 0.3) is 0 Å². The van der Waals surface area contributed by atoms with Gasteiger partial charge >= 0.3 is 0 Å². The number of rotatable bonds is 7. The highest BCUT2D eigenvalue weighted by molar-refractivity contribution is 8.00. The van der Waals surface area contributed by atoms with E-state index in [1.54, 1.807) is 0 Å². The van der Waals surface area contributed by atoms with E-state index in [1.165, 1.54) is 4.88 Å². The van der Waals surface area contributed by atoms with Crippen LogP contribution in [0.3, 0.4) is 0 Å². The molecular formula is C19H32N4O2S2. The minimum atomic E-state index is 0.243. The number of guanidine groups is 1. The number of thioether (sulfide) groups is 1. The normalized spacial score (nSPS) is 22.4. The van der Waals surface area contributed by atoms with Gasteiger partial charge in [0.25, 0.3) is 0 Å². The van der Waals surface area contributed by atoms with Gasteiger partial charge in [-0.05, 0) is 30.5 Å². The summed E-state index contributed by atoms with van der Waals surface area (Å²) in [5, 5.41) is 9.27. The van der Waals surface area contributed by atoms with Gasteiger partial charge in [-0.25, -0.2) is 0 Å². The summed E-state index contributed by atoms with van der Waals surface area (Å²) in [6.45, 7) is 7.05. The summed E-state index contributed by atoms with van der Waals surface area (Å²) in [6.07, 6.45) is 4.38. The third kappa shape index (κ3) is 5.84. The molecule has 1 atom stereocenters. The van der Waals surface area contributed by atoms with Gasteiger partial charge in [0, 0.05) is 56.1 Å². The lowest BCUT2D eigenvalue weighted by Crippen LogP contribution is -2.50. The maximum Gasteiger partial charge on any atom is 0.191 e. The Bertz CT molecular complexity index is 570. The molecule has 2 N–H and O–H groups in total. The molecule has 0 saturated carbocycles. The Kier molecular flexibility index (Phi) is 8.26. The Hall–Kier alpha value is -0.800. The summed E-state index contributed by atoms with van der Waals surface area (Å²) in [5.74, 6) is 0.879. The summed E-state index contributed by atoms with van der Waals surface area (Å²) in [7, 11) is 1.85. The lowest BCUT2D eigenvalue weighted by molar-refractivity contribution is 0.0177. The van der Waals surface area contributed by atoms with Crippen molar-refractivity contribution in [2.45, 2.75) is 23.6 Å². The van der Waals surface area contributed by atoms with Crippen LogP contribution >= 0.6 is 23.1 Å². The van der Waals surface area contributed by atoms with Gasteiger partial charge in [-0.1, -0.05) is 6.07 Å². The van der Waals surface area contributed by atoms with E-state index in [0.717, 1.165) is 71.4 Å². The number of thiophene rings is 1.